The monoisotopic (exact) mass is 367 g/mol. The van der Waals surface area contributed by atoms with Crippen molar-refractivity contribution in [3.05, 3.63) is 32.2 Å². The molecule has 0 unspecified atom stereocenters. The topological polar surface area (TPSA) is 83.5 Å². The second-order valence-corrected chi connectivity index (χ2v) is 8.42. The number of anilines is 1. The zero-order valence-electron chi connectivity index (χ0n) is 8.58. The van der Waals surface area contributed by atoms with Gasteiger partial charge in [0.05, 0.1) is 9.47 Å². The lowest BCUT2D eigenvalue weighted by Gasteiger charge is -2.04. The van der Waals surface area contributed by atoms with Gasteiger partial charge in [-0.3, -0.25) is 4.72 Å². The van der Waals surface area contributed by atoms with Crippen LogP contribution in [0.2, 0.25) is 0 Å². The Bertz CT molecular complexity index is 688. The molecule has 0 spiro atoms. The lowest BCUT2D eigenvalue weighted by Crippen LogP contribution is -2.13. The Kier molecular flexibility index (Phi) is 3.76. The van der Waals surface area contributed by atoms with E-state index in [2.05, 4.69) is 20.7 Å². The van der Waals surface area contributed by atoms with Crippen molar-refractivity contribution in [2.45, 2.75) is 4.21 Å². The Labute approximate surface area is 119 Å². The average molecular weight is 368 g/mol. The van der Waals surface area contributed by atoms with Crippen LogP contribution in [0.4, 0.5) is 5.69 Å². The molecule has 2 aromatic heterocycles. The summed E-state index contributed by atoms with van der Waals surface area (Å²) in [6.07, 6.45) is 0. The fraction of sp³-hybridized carbons (Fsp3) is 0. The first-order valence-corrected chi connectivity index (χ1v) is 8.46. The summed E-state index contributed by atoms with van der Waals surface area (Å²) in [7, 11) is -3.74. The van der Waals surface area contributed by atoms with Crippen molar-refractivity contribution in [1.82, 2.24) is 0 Å². The Morgan fingerprint density at radius 3 is 2.61 bits per heavy atom. The number of carbonyl (C=O) groups is 1. The van der Waals surface area contributed by atoms with E-state index >= 15 is 0 Å². The van der Waals surface area contributed by atoms with Gasteiger partial charge in [0.1, 0.15) is 9.09 Å². The van der Waals surface area contributed by atoms with Gasteiger partial charge in [0, 0.05) is 0 Å². The molecule has 2 rings (SSSR count). The van der Waals surface area contributed by atoms with E-state index in [-0.39, 0.29) is 14.8 Å². The van der Waals surface area contributed by atoms with E-state index in [1.165, 1.54) is 17.5 Å². The van der Waals surface area contributed by atoms with Crippen LogP contribution in [0.15, 0.2) is 31.6 Å². The number of hydrogen-bond donors (Lipinski definition) is 2. The van der Waals surface area contributed by atoms with Crippen LogP contribution in [-0.2, 0) is 10.0 Å². The molecule has 0 saturated heterocycles. The van der Waals surface area contributed by atoms with Crippen molar-refractivity contribution in [2.75, 3.05) is 4.72 Å². The van der Waals surface area contributed by atoms with E-state index in [1.807, 2.05) is 0 Å². The molecule has 0 aliphatic carbocycles. The van der Waals surface area contributed by atoms with Crippen molar-refractivity contribution in [3.8, 4) is 0 Å². The standard InChI is InChI=1S/C9H6BrNO4S3/c10-6-1-2-7(17-6)18(14,15)11-5-3-4-16-8(5)9(12)13/h1-4,11H,(H,12,13). The molecule has 5 nitrogen and oxygen atoms in total. The third-order valence-corrected chi connectivity index (χ3v) is 6.30. The summed E-state index contributed by atoms with van der Waals surface area (Å²) in [5, 5.41) is 10.4. The van der Waals surface area contributed by atoms with Crippen LogP contribution < -0.4 is 4.72 Å². The summed E-state index contributed by atoms with van der Waals surface area (Å²) in [6, 6.07) is 4.49. The van der Waals surface area contributed by atoms with Crippen molar-refractivity contribution >= 4 is 60.3 Å². The van der Waals surface area contributed by atoms with Gasteiger partial charge in [-0.15, -0.1) is 22.7 Å². The van der Waals surface area contributed by atoms with Crippen LogP contribution >= 0.6 is 38.6 Å². The molecule has 2 N–H and O–H groups in total. The molecule has 0 saturated carbocycles. The molecule has 0 aromatic carbocycles. The first kappa shape index (κ1) is 13.5. The van der Waals surface area contributed by atoms with Crippen molar-refractivity contribution in [2.24, 2.45) is 0 Å². The minimum Gasteiger partial charge on any atom is -0.477 e. The van der Waals surface area contributed by atoms with E-state index < -0.39 is 16.0 Å². The maximum atomic E-state index is 12.0. The number of hydrogen-bond acceptors (Lipinski definition) is 5. The Morgan fingerprint density at radius 1 is 1.33 bits per heavy atom. The predicted molar refractivity (Wildman–Crippen MR) is 74.1 cm³/mol. The molecule has 0 aliphatic heterocycles. The number of carboxylic acid groups (broad SMARTS) is 1. The van der Waals surface area contributed by atoms with Gasteiger partial charge in [0.15, 0.2) is 0 Å². The van der Waals surface area contributed by atoms with Gasteiger partial charge in [-0.05, 0) is 39.5 Å². The van der Waals surface area contributed by atoms with Gasteiger partial charge in [0.25, 0.3) is 10.0 Å². The quantitative estimate of drug-likeness (QED) is 0.869. The lowest BCUT2D eigenvalue weighted by molar-refractivity contribution is 0.0703. The van der Waals surface area contributed by atoms with Crippen LogP contribution in [-0.4, -0.2) is 19.5 Å². The van der Waals surface area contributed by atoms with Crippen LogP contribution in [0.1, 0.15) is 9.67 Å². The van der Waals surface area contributed by atoms with Gasteiger partial charge in [-0.1, -0.05) is 0 Å². The summed E-state index contributed by atoms with van der Waals surface area (Å²) in [5.41, 5.74) is 0.0806. The van der Waals surface area contributed by atoms with Crippen molar-refractivity contribution in [1.29, 1.82) is 0 Å². The Balaban J connectivity index is 2.34. The minimum atomic E-state index is -3.74. The van der Waals surface area contributed by atoms with Gasteiger partial charge >= 0.3 is 5.97 Å². The molecule has 2 heterocycles. The first-order valence-electron chi connectivity index (χ1n) is 4.49. The molecule has 96 valence electrons. The number of thiophene rings is 2. The second-order valence-electron chi connectivity index (χ2n) is 3.13. The van der Waals surface area contributed by atoms with Crippen LogP contribution in [0.3, 0.4) is 0 Å². The maximum absolute atomic E-state index is 12.0. The fourth-order valence-corrected chi connectivity index (χ4v) is 5.03. The Hall–Kier alpha value is -0.900. The van der Waals surface area contributed by atoms with Crippen LogP contribution in [0, 0.1) is 0 Å². The second kappa shape index (κ2) is 5.00. The zero-order chi connectivity index (χ0) is 13.3. The number of sulfonamides is 1. The molecule has 0 radical (unpaired) electrons. The molecule has 9 heteroatoms. The number of halogens is 1. The van der Waals surface area contributed by atoms with E-state index in [4.69, 9.17) is 5.11 Å². The SMILES string of the molecule is O=C(O)c1sccc1NS(=O)(=O)c1ccc(Br)s1. The fourth-order valence-electron chi connectivity index (χ4n) is 1.19. The van der Waals surface area contributed by atoms with Crippen LogP contribution in [0.25, 0.3) is 0 Å². The van der Waals surface area contributed by atoms with E-state index in [0.717, 1.165) is 22.7 Å². The predicted octanol–water partition coefficient (Wildman–Crippen LogP) is 3.07. The third-order valence-electron chi connectivity index (χ3n) is 1.92. The molecule has 2 aromatic rings. The highest BCUT2D eigenvalue weighted by Crippen LogP contribution is 2.29. The summed E-state index contributed by atoms with van der Waals surface area (Å²) in [4.78, 5) is 10.8. The molecule has 0 atom stereocenters. The molecular formula is C9H6BrNO4S3. The van der Waals surface area contributed by atoms with Gasteiger partial charge in [-0.25, -0.2) is 13.2 Å². The molecule has 0 bridgehead atoms. The van der Waals surface area contributed by atoms with Crippen molar-refractivity contribution in [3.63, 3.8) is 0 Å². The highest BCUT2D eigenvalue weighted by molar-refractivity contribution is 9.11. The number of carboxylic acids is 1. The van der Waals surface area contributed by atoms with Gasteiger partial charge in [-0.2, -0.15) is 0 Å². The summed E-state index contributed by atoms with van der Waals surface area (Å²) < 4.78 is 27.0. The number of aromatic carboxylic acids is 1. The Morgan fingerprint density at radius 2 is 2.06 bits per heavy atom. The maximum Gasteiger partial charge on any atom is 0.348 e. The third kappa shape index (κ3) is 2.74. The highest BCUT2D eigenvalue weighted by atomic mass is 79.9. The minimum absolute atomic E-state index is 0.0332. The summed E-state index contributed by atoms with van der Waals surface area (Å²) in [6.45, 7) is 0. The average Bonchev–Trinajstić information content (AvgIpc) is 2.86. The summed E-state index contributed by atoms with van der Waals surface area (Å²) >= 11 is 5.19. The zero-order valence-corrected chi connectivity index (χ0v) is 12.6. The van der Waals surface area contributed by atoms with E-state index in [0.29, 0.717) is 3.79 Å². The van der Waals surface area contributed by atoms with Crippen LogP contribution in [0.5, 0.6) is 0 Å². The lowest BCUT2D eigenvalue weighted by atomic mass is 10.4. The largest absolute Gasteiger partial charge is 0.477 e. The molecule has 0 aliphatic rings. The molecule has 0 fully saturated rings. The highest BCUT2D eigenvalue weighted by Gasteiger charge is 2.20. The smallest absolute Gasteiger partial charge is 0.348 e. The van der Waals surface area contributed by atoms with E-state index in [9.17, 15) is 13.2 Å². The normalized spacial score (nSPS) is 11.4. The van der Waals surface area contributed by atoms with Gasteiger partial charge < -0.3 is 5.11 Å². The first-order chi connectivity index (χ1) is 8.40. The number of rotatable bonds is 4. The van der Waals surface area contributed by atoms with Gasteiger partial charge in [0.2, 0.25) is 0 Å². The molecular weight excluding hydrogens is 362 g/mol. The summed E-state index contributed by atoms with van der Waals surface area (Å²) in [5.74, 6) is -1.16. The molecule has 18 heavy (non-hydrogen) atoms. The molecule has 0 amide bonds. The van der Waals surface area contributed by atoms with E-state index in [1.54, 1.807) is 6.07 Å². The number of nitrogens with one attached hydrogen (secondary N) is 1. The van der Waals surface area contributed by atoms with Crippen molar-refractivity contribution < 1.29 is 18.3 Å².